The Balaban J connectivity index is 1.58. The van der Waals surface area contributed by atoms with E-state index in [0.717, 1.165) is 51.3 Å². The number of fused-ring (bicyclic) bond motifs is 5. The van der Waals surface area contributed by atoms with Crippen LogP contribution in [0.1, 0.15) is 52.4 Å². The van der Waals surface area contributed by atoms with E-state index < -0.39 is 8.07 Å². The molecular formula is C24H39NO3Si. The zero-order chi connectivity index (χ0) is 21.0. The van der Waals surface area contributed by atoms with Gasteiger partial charge >= 0.3 is 0 Å². The molecule has 0 aromatic rings. The molecule has 5 heteroatoms. The molecule has 5 atom stereocenters. The molecule has 0 bridgehead atoms. The maximum Gasteiger partial charge on any atom is 0.157 e. The van der Waals surface area contributed by atoms with Gasteiger partial charge in [-0.2, -0.15) is 0 Å². The first-order valence-corrected chi connectivity index (χ1v) is 15.4. The van der Waals surface area contributed by atoms with Crippen molar-refractivity contribution in [2.24, 2.45) is 28.6 Å². The van der Waals surface area contributed by atoms with Crippen LogP contribution >= 0.6 is 0 Å². The number of allylic oxidation sites excluding steroid dienone is 2. The van der Waals surface area contributed by atoms with Gasteiger partial charge in [0.15, 0.2) is 5.78 Å². The second-order valence-electron chi connectivity index (χ2n) is 11.8. The molecule has 4 nitrogen and oxygen atoms in total. The first kappa shape index (κ1) is 21.3. The predicted octanol–water partition coefficient (Wildman–Crippen LogP) is 4.88. The highest BCUT2D eigenvalue weighted by Gasteiger charge is 2.60. The first-order valence-electron chi connectivity index (χ1n) is 11.7. The highest BCUT2D eigenvalue weighted by Crippen LogP contribution is 2.62. The molecule has 0 aromatic carbocycles. The van der Waals surface area contributed by atoms with E-state index in [1.165, 1.54) is 5.70 Å². The summed E-state index contributed by atoms with van der Waals surface area (Å²) in [7, 11) is -1.12. The summed E-state index contributed by atoms with van der Waals surface area (Å²) < 4.78 is 6.16. The van der Waals surface area contributed by atoms with Gasteiger partial charge in [0.1, 0.15) is 12.5 Å². The lowest BCUT2D eigenvalue weighted by Gasteiger charge is -2.59. The summed E-state index contributed by atoms with van der Waals surface area (Å²) in [5.74, 6) is 2.37. The number of Topliss-reactive ketones (excluding diaryl/α,β-unsaturated/α-hetero) is 1. The summed E-state index contributed by atoms with van der Waals surface area (Å²) in [5, 5.41) is 0. The number of rotatable bonds is 5. The predicted molar refractivity (Wildman–Crippen MR) is 118 cm³/mol. The number of hydrogen-bond donors (Lipinski definition) is 0. The van der Waals surface area contributed by atoms with Crippen LogP contribution in [0.25, 0.3) is 0 Å². The van der Waals surface area contributed by atoms with Gasteiger partial charge in [-0.1, -0.05) is 33.5 Å². The van der Waals surface area contributed by atoms with E-state index in [1.807, 2.05) is 6.08 Å². The summed E-state index contributed by atoms with van der Waals surface area (Å²) in [6, 6.07) is 1.16. The number of carbonyl (C=O) groups excluding carboxylic acids is 2. The van der Waals surface area contributed by atoms with Crippen LogP contribution in [-0.4, -0.2) is 44.4 Å². The number of piperidine rings is 1. The molecule has 1 aliphatic heterocycles. The molecule has 0 radical (unpaired) electrons. The van der Waals surface area contributed by atoms with E-state index >= 15 is 0 Å². The number of carbonyl (C=O) groups is 2. The van der Waals surface area contributed by atoms with Crippen molar-refractivity contribution in [2.45, 2.75) is 78.1 Å². The molecule has 3 aliphatic carbocycles. The average Bonchev–Trinajstić information content (AvgIpc) is 2.94. The third kappa shape index (κ3) is 3.67. The SMILES string of the molecule is CC12CCC3C(CN(COCC[Si](C)(C)C)C4=CC(=O)CCC43C)C1CCC2=O. The minimum absolute atomic E-state index is 0.0476. The second-order valence-corrected chi connectivity index (χ2v) is 17.4. The van der Waals surface area contributed by atoms with E-state index in [2.05, 4.69) is 38.4 Å². The van der Waals surface area contributed by atoms with Gasteiger partial charge in [-0.05, 0) is 49.5 Å². The normalized spacial score (nSPS) is 39.7. The smallest absolute Gasteiger partial charge is 0.157 e. The molecule has 4 rings (SSSR count). The highest BCUT2D eigenvalue weighted by atomic mass is 28.3. The van der Waals surface area contributed by atoms with Crippen molar-refractivity contribution in [3.8, 4) is 0 Å². The summed E-state index contributed by atoms with van der Waals surface area (Å²) in [4.78, 5) is 27.4. The van der Waals surface area contributed by atoms with Crippen molar-refractivity contribution < 1.29 is 14.3 Å². The molecule has 5 unspecified atom stereocenters. The monoisotopic (exact) mass is 417 g/mol. The quantitative estimate of drug-likeness (QED) is 0.472. The zero-order valence-corrected chi connectivity index (χ0v) is 20.1. The van der Waals surface area contributed by atoms with Crippen LogP contribution in [0, 0.1) is 28.6 Å². The number of ketones is 2. The Morgan fingerprint density at radius 3 is 2.52 bits per heavy atom. The molecule has 0 spiro atoms. The molecule has 1 saturated heterocycles. The van der Waals surface area contributed by atoms with Crippen LogP contribution in [0.3, 0.4) is 0 Å². The Morgan fingerprint density at radius 2 is 1.79 bits per heavy atom. The molecule has 4 aliphatic rings. The molecule has 29 heavy (non-hydrogen) atoms. The van der Waals surface area contributed by atoms with Crippen molar-refractivity contribution in [3.63, 3.8) is 0 Å². The molecule has 0 N–H and O–H groups in total. The number of nitrogens with zero attached hydrogens (tertiary/aromatic N) is 1. The lowest BCUT2D eigenvalue weighted by molar-refractivity contribution is -0.136. The summed E-state index contributed by atoms with van der Waals surface area (Å²) in [6.45, 7) is 14.1. The summed E-state index contributed by atoms with van der Waals surface area (Å²) in [6.07, 6.45) is 7.49. The van der Waals surface area contributed by atoms with Gasteiger partial charge in [0.2, 0.25) is 0 Å². The van der Waals surface area contributed by atoms with Crippen molar-refractivity contribution >= 4 is 19.6 Å². The van der Waals surface area contributed by atoms with E-state index in [0.29, 0.717) is 36.7 Å². The maximum atomic E-state index is 12.7. The van der Waals surface area contributed by atoms with Crippen LogP contribution < -0.4 is 0 Å². The summed E-state index contributed by atoms with van der Waals surface area (Å²) in [5.41, 5.74) is 1.15. The summed E-state index contributed by atoms with van der Waals surface area (Å²) >= 11 is 0. The third-order valence-electron chi connectivity index (χ3n) is 8.75. The van der Waals surface area contributed by atoms with Crippen molar-refractivity contribution in [1.82, 2.24) is 4.90 Å². The molecule has 2 saturated carbocycles. The van der Waals surface area contributed by atoms with Gasteiger partial charge in [0.25, 0.3) is 0 Å². The van der Waals surface area contributed by atoms with E-state index in [-0.39, 0.29) is 16.6 Å². The molecule has 0 amide bonds. The Morgan fingerprint density at radius 1 is 1.07 bits per heavy atom. The standard InChI is InChI=1S/C24H39NO3Si/c1-23-10-8-17(26)14-21(23)25(16-28-12-13-29(3,4)5)15-18-19-6-7-22(27)24(19,2)11-9-20(18)23/h14,18-20H,6-13,15-16H2,1-5H3. The third-order valence-corrected chi connectivity index (χ3v) is 10.5. The van der Waals surface area contributed by atoms with Crippen molar-refractivity contribution in [1.29, 1.82) is 0 Å². The Bertz CT molecular complexity index is 726. The van der Waals surface area contributed by atoms with Crippen LogP contribution in [0.4, 0.5) is 0 Å². The van der Waals surface area contributed by atoms with E-state index in [9.17, 15) is 9.59 Å². The lowest BCUT2D eigenvalue weighted by Crippen LogP contribution is -2.58. The lowest BCUT2D eigenvalue weighted by atomic mass is 9.50. The zero-order valence-electron chi connectivity index (χ0n) is 19.1. The van der Waals surface area contributed by atoms with E-state index in [4.69, 9.17) is 4.74 Å². The molecule has 162 valence electrons. The topological polar surface area (TPSA) is 46.6 Å². The van der Waals surface area contributed by atoms with Gasteiger partial charge in [-0.3, -0.25) is 9.59 Å². The minimum atomic E-state index is -1.12. The minimum Gasteiger partial charge on any atom is -0.361 e. The maximum absolute atomic E-state index is 12.7. The van der Waals surface area contributed by atoms with Gasteiger partial charge in [-0.25, -0.2) is 0 Å². The van der Waals surface area contributed by atoms with Gasteiger partial charge in [0.05, 0.1) is 0 Å². The van der Waals surface area contributed by atoms with Gasteiger partial charge < -0.3 is 9.64 Å². The molecular weight excluding hydrogens is 378 g/mol. The average molecular weight is 418 g/mol. The van der Waals surface area contributed by atoms with Gasteiger partial charge in [-0.15, -0.1) is 0 Å². The first-order chi connectivity index (χ1) is 13.5. The van der Waals surface area contributed by atoms with Crippen molar-refractivity contribution in [3.05, 3.63) is 11.8 Å². The largest absolute Gasteiger partial charge is 0.361 e. The number of likely N-dealkylation sites (tertiary alicyclic amines) is 1. The van der Waals surface area contributed by atoms with Crippen molar-refractivity contribution in [2.75, 3.05) is 19.9 Å². The molecule has 0 aromatic heterocycles. The second kappa shape index (κ2) is 7.33. The van der Waals surface area contributed by atoms with Crippen LogP contribution in [-0.2, 0) is 14.3 Å². The fraction of sp³-hybridized carbons (Fsp3) is 0.833. The number of ether oxygens (including phenoxy) is 1. The molecule has 1 heterocycles. The van der Waals surface area contributed by atoms with E-state index in [1.54, 1.807) is 0 Å². The fourth-order valence-electron chi connectivity index (χ4n) is 6.86. The molecule has 3 fully saturated rings. The van der Waals surface area contributed by atoms with Crippen LogP contribution in [0.2, 0.25) is 25.7 Å². The number of hydrogen-bond acceptors (Lipinski definition) is 4. The highest BCUT2D eigenvalue weighted by molar-refractivity contribution is 6.76. The Kier molecular flexibility index (Phi) is 5.38. The Hall–Kier alpha value is -0.943. The van der Waals surface area contributed by atoms with Gasteiger partial charge in [0, 0.05) is 56.7 Å². The van der Waals surface area contributed by atoms with Crippen LogP contribution in [0.5, 0.6) is 0 Å². The van der Waals surface area contributed by atoms with Crippen LogP contribution in [0.15, 0.2) is 11.8 Å². The fourth-order valence-corrected chi connectivity index (χ4v) is 7.62. The Labute approximate surface area is 177 Å².